The first-order valence-electron chi connectivity index (χ1n) is 9.34. The van der Waals surface area contributed by atoms with Gasteiger partial charge in [0.2, 0.25) is 0 Å². The van der Waals surface area contributed by atoms with Crippen molar-refractivity contribution >= 4 is 23.3 Å². The zero-order valence-corrected chi connectivity index (χ0v) is 16.9. The van der Waals surface area contributed by atoms with E-state index in [2.05, 4.69) is 28.7 Å². The number of hydrogen-bond acceptors (Lipinski definition) is 7. The Kier molecular flexibility index (Phi) is 6.56. The monoisotopic (exact) mass is 420 g/mol. The highest BCUT2D eigenvalue weighted by atomic mass is 16.6. The van der Waals surface area contributed by atoms with Gasteiger partial charge in [0, 0.05) is 11.6 Å². The summed E-state index contributed by atoms with van der Waals surface area (Å²) >= 11 is 0. The zero-order valence-electron chi connectivity index (χ0n) is 16.9. The fourth-order valence-corrected chi connectivity index (χ4v) is 3.08. The zero-order chi connectivity index (χ0) is 22.4. The number of benzene rings is 3. The maximum Gasteiger partial charge on any atom is 0.301 e. The van der Waals surface area contributed by atoms with Gasteiger partial charge in [-0.05, 0) is 37.6 Å². The van der Waals surface area contributed by atoms with E-state index in [-0.39, 0.29) is 11.4 Å². The van der Waals surface area contributed by atoms with Gasteiger partial charge >= 0.3 is 5.69 Å². The molecule has 0 fully saturated rings. The summed E-state index contributed by atoms with van der Waals surface area (Å²) < 4.78 is 5.94. The van der Waals surface area contributed by atoms with Crippen molar-refractivity contribution in [3.63, 3.8) is 0 Å². The molecule has 0 bridgehead atoms. The van der Waals surface area contributed by atoms with E-state index in [1.54, 1.807) is 12.1 Å². The van der Waals surface area contributed by atoms with Gasteiger partial charge in [0.1, 0.15) is 18.0 Å². The number of nitrogens with zero attached hydrogens (tertiary/aromatic N) is 3. The van der Waals surface area contributed by atoms with E-state index in [4.69, 9.17) is 4.74 Å². The topological polar surface area (TPSA) is 120 Å². The van der Waals surface area contributed by atoms with Gasteiger partial charge in [-0.1, -0.05) is 41.5 Å². The molecular weight excluding hydrogens is 400 g/mol. The van der Waals surface area contributed by atoms with Gasteiger partial charge < -0.3 is 4.74 Å². The average molecular weight is 420 g/mol. The largest absolute Gasteiger partial charge is 0.488 e. The Morgan fingerprint density at radius 1 is 0.968 bits per heavy atom. The molecule has 31 heavy (non-hydrogen) atoms. The maximum absolute atomic E-state index is 11.2. The third-order valence-electron chi connectivity index (χ3n) is 4.37. The van der Waals surface area contributed by atoms with Crippen LogP contribution in [0.3, 0.4) is 0 Å². The van der Waals surface area contributed by atoms with Crippen LogP contribution in [0.1, 0.15) is 22.3 Å². The fraction of sp³-hybridized carbons (Fsp3) is 0.136. The van der Waals surface area contributed by atoms with Gasteiger partial charge in [0.15, 0.2) is 0 Å². The Morgan fingerprint density at radius 3 is 2.35 bits per heavy atom. The first-order chi connectivity index (χ1) is 14.8. The van der Waals surface area contributed by atoms with Crippen molar-refractivity contribution < 1.29 is 14.6 Å². The van der Waals surface area contributed by atoms with Crippen molar-refractivity contribution in [1.29, 1.82) is 0 Å². The second kappa shape index (κ2) is 9.49. The summed E-state index contributed by atoms with van der Waals surface area (Å²) in [6.45, 7) is 4.44. The van der Waals surface area contributed by atoms with E-state index < -0.39 is 15.5 Å². The number of nitro groups is 2. The van der Waals surface area contributed by atoms with E-state index in [9.17, 15) is 20.2 Å². The number of non-ortho nitro benzene ring substituents is 1. The van der Waals surface area contributed by atoms with Crippen LogP contribution >= 0.6 is 0 Å². The van der Waals surface area contributed by atoms with Gasteiger partial charge in [-0.15, -0.1) is 0 Å². The van der Waals surface area contributed by atoms with Crippen LogP contribution in [0.15, 0.2) is 65.8 Å². The number of aryl methyl sites for hydroxylation is 2. The summed E-state index contributed by atoms with van der Waals surface area (Å²) in [6, 6.07) is 16.8. The number of para-hydroxylation sites is 1. The van der Waals surface area contributed by atoms with Gasteiger partial charge in [-0.2, -0.15) is 5.10 Å². The summed E-state index contributed by atoms with van der Waals surface area (Å²) in [5, 5.41) is 26.1. The number of anilines is 1. The van der Waals surface area contributed by atoms with Crippen LogP contribution in [0.2, 0.25) is 0 Å². The molecule has 1 N–H and O–H groups in total. The minimum absolute atomic E-state index is 0.0421. The second-order valence-corrected chi connectivity index (χ2v) is 6.91. The SMILES string of the molecule is Cc1cc(C)cc(COc2ccccc2/C=N/Nc2ccc([N+](=O)[O-])cc2[N+](=O)[O-])c1. The molecule has 0 aromatic heterocycles. The number of hydrogen-bond donors (Lipinski definition) is 1. The van der Waals surface area contributed by atoms with Gasteiger partial charge in [0.05, 0.1) is 22.1 Å². The minimum Gasteiger partial charge on any atom is -0.488 e. The summed E-state index contributed by atoms with van der Waals surface area (Å²) in [5.41, 5.74) is 5.83. The number of rotatable bonds is 8. The van der Waals surface area contributed by atoms with Crippen LogP contribution in [-0.4, -0.2) is 16.1 Å². The molecular formula is C22H20N4O5. The maximum atomic E-state index is 11.2. The predicted octanol–water partition coefficient (Wildman–Crippen LogP) is 5.14. The van der Waals surface area contributed by atoms with Crippen LogP contribution in [0.5, 0.6) is 5.75 Å². The molecule has 0 aliphatic heterocycles. The van der Waals surface area contributed by atoms with E-state index in [0.29, 0.717) is 17.9 Å². The molecule has 0 unspecified atom stereocenters. The normalized spacial score (nSPS) is 10.8. The Labute approximate surface area is 178 Å². The van der Waals surface area contributed by atoms with Gasteiger partial charge in [-0.3, -0.25) is 25.7 Å². The average Bonchev–Trinajstić information content (AvgIpc) is 2.72. The van der Waals surface area contributed by atoms with E-state index in [1.807, 2.05) is 26.0 Å². The molecule has 158 valence electrons. The molecule has 9 nitrogen and oxygen atoms in total. The van der Waals surface area contributed by atoms with Crippen LogP contribution in [0.25, 0.3) is 0 Å². The Morgan fingerprint density at radius 2 is 1.68 bits per heavy atom. The lowest BCUT2D eigenvalue weighted by atomic mass is 10.1. The molecule has 0 aliphatic rings. The van der Waals surface area contributed by atoms with Crippen molar-refractivity contribution in [2.75, 3.05) is 5.43 Å². The van der Waals surface area contributed by atoms with Crippen molar-refractivity contribution in [3.8, 4) is 5.75 Å². The number of nitro benzene ring substituents is 2. The Bertz CT molecular complexity index is 1140. The lowest BCUT2D eigenvalue weighted by Crippen LogP contribution is -2.01. The molecule has 0 aliphatic carbocycles. The van der Waals surface area contributed by atoms with Gasteiger partial charge in [0.25, 0.3) is 5.69 Å². The molecule has 0 radical (unpaired) electrons. The Balaban J connectivity index is 1.75. The molecule has 0 spiro atoms. The molecule has 0 saturated carbocycles. The van der Waals surface area contributed by atoms with Crippen molar-refractivity contribution in [2.45, 2.75) is 20.5 Å². The highest BCUT2D eigenvalue weighted by Gasteiger charge is 2.19. The Hall–Kier alpha value is -4.27. The van der Waals surface area contributed by atoms with Crippen molar-refractivity contribution in [2.24, 2.45) is 5.10 Å². The van der Waals surface area contributed by atoms with Crippen LogP contribution in [0.4, 0.5) is 17.1 Å². The summed E-state index contributed by atoms with van der Waals surface area (Å²) in [6.07, 6.45) is 1.47. The van der Waals surface area contributed by atoms with E-state index in [1.165, 1.54) is 18.3 Å². The lowest BCUT2D eigenvalue weighted by molar-refractivity contribution is -0.393. The summed E-state index contributed by atoms with van der Waals surface area (Å²) in [4.78, 5) is 20.7. The molecule has 3 aromatic carbocycles. The lowest BCUT2D eigenvalue weighted by Gasteiger charge is -2.10. The first kappa shape index (κ1) is 21.4. The molecule has 0 heterocycles. The van der Waals surface area contributed by atoms with Crippen LogP contribution < -0.4 is 10.2 Å². The second-order valence-electron chi connectivity index (χ2n) is 6.91. The highest BCUT2D eigenvalue weighted by Crippen LogP contribution is 2.29. The third kappa shape index (κ3) is 5.63. The fourth-order valence-electron chi connectivity index (χ4n) is 3.08. The van der Waals surface area contributed by atoms with Crippen LogP contribution in [-0.2, 0) is 6.61 Å². The van der Waals surface area contributed by atoms with Crippen molar-refractivity contribution in [1.82, 2.24) is 0 Å². The van der Waals surface area contributed by atoms with Crippen molar-refractivity contribution in [3.05, 3.63) is 103 Å². The third-order valence-corrected chi connectivity index (χ3v) is 4.37. The number of nitrogens with one attached hydrogen (secondary N) is 1. The molecule has 0 amide bonds. The number of hydrazone groups is 1. The first-order valence-corrected chi connectivity index (χ1v) is 9.34. The van der Waals surface area contributed by atoms with E-state index in [0.717, 1.165) is 22.8 Å². The molecule has 3 rings (SSSR count). The highest BCUT2D eigenvalue weighted by molar-refractivity contribution is 5.84. The number of ether oxygens (including phenoxy) is 1. The molecule has 9 heteroatoms. The smallest absolute Gasteiger partial charge is 0.301 e. The molecule has 0 atom stereocenters. The predicted molar refractivity (Wildman–Crippen MR) is 118 cm³/mol. The van der Waals surface area contributed by atoms with Gasteiger partial charge in [-0.25, -0.2) is 0 Å². The molecule has 3 aromatic rings. The standard InChI is InChI=1S/C22H20N4O5/c1-15-9-16(2)11-17(10-15)14-31-22-6-4-3-5-18(22)13-23-24-20-8-7-19(25(27)28)12-21(20)26(29)30/h3-13,24H,14H2,1-2H3/b23-13+. The van der Waals surface area contributed by atoms with E-state index >= 15 is 0 Å². The molecule has 0 saturated heterocycles. The summed E-state index contributed by atoms with van der Waals surface area (Å²) in [5.74, 6) is 0.602. The minimum atomic E-state index is -0.703. The van der Waals surface area contributed by atoms with Crippen LogP contribution in [0, 0.1) is 34.1 Å². The summed E-state index contributed by atoms with van der Waals surface area (Å²) in [7, 11) is 0. The quantitative estimate of drug-likeness (QED) is 0.306.